The van der Waals surface area contributed by atoms with Gasteiger partial charge in [0.25, 0.3) is 11.8 Å². The van der Waals surface area contributed by atoms with Gasteiger partial charge in [0.2, 0.25) is 5.75 Å². The van der Waals surface area contributed by atoms with Gasteiger partial charge in [0, 0.05) is 5.56 Å². The number of hydrazine groups is 1. The molecule has 0 saturated carbocycles. The molecule has 0 aliphatic heterocycles. The largest absolute Gasteiger partial charge is 0.493 e. The summed E-state index contributed by atoms with van der Waals surface area (Å²) in [6.45, 7) is 0. The first-order chi connectivity index (χ1) is 16.5. The number of carbonyl (C=O) groups is 2. The van der Waals surface area contributed by atoms with E-state index in [2.05, 4.69) is 16.0 Å². The van der Waals surface area contributed by atoms with Crippen LogP contribution < -0.4 is 25.1 Å². The number of amides is 2. The summed E-state index contributed by atoms with van der Waals surface area (Å²) in [7, 11) is 4.38. The molecule has 0 radical (unpaired) electrons. The Morgan fingerprint density at radius 1 is 0.853 bits per heavy atom. The fourth-order valence-corrected chi connectivity index (χ4v) is 4.00. The first-order valence-corrected chi connectivity index (χ1v) is 11.0. The molecular weight excluding hydrogens is 456 g/mol. The summed E-state index contributed by atoms with van der Waals surface area (Å²) < 4.78 is 17.4. The average Bonchev–Trinajstić information content (AvgIpc) is 3.57. The van der Waals surface area contributed by atoms with E-state index in [4.69, 9.17) is 14.2 Å². The van der Waals surface area contributed by atoms with Crippen molar-refractivity contribution in [3.63, 3.8) is 0 Å². The molecule has 2 aromatic heterocycles. The highest BCUT2D eigenvalue weighted by Gasteiger charge is 2.20. The maximum Gasteiger partial charge on any atom is 0.288 e. The fourth-order valence-electron chi connectivity index (χ4n) is 3.32. The molecule has 2 aromatic carbocycles. The van der Waals surface area contributed by atoms with Crippen molar-refractivity contribution in [2.45, 2.75) is 0 Å². The molecule has 4 aromatic rings. The summed E-state index contributed by atoms with van der Waals surface area (Å²) in [4.78, 5) is 26.7. The number of hydrogen-bond acceptors (Lipinski definition) is 7. The third-order valence-corrected chi connectivity index (χ3v) is 5.83. The Morgan fingerprint density at radius 3 is 2.12 bits per heavy atom. The van der Waals surface area contributed by atoms with Crippen LogP contribution in [0.15, 0.2) is 66.0 Å². The van der Waals surface area contributed by atoms with Crippen LogP contribution in [0.2, 0.25) is 0 Å². The smallest absolute Gasteiger partial charge is 0.288 e. The van der Waals surface area contributed by atoms with E-state index in [0.29, 0.717) is 28.6 Å². The highest BCUT2D eigenvalue weighted by molar-refractivity contribution is 7.13. The molecule has 2 amide bonds. The molecule has 0 spiro atoms. The van der Waals surface area contributed by atoms with E-state index >= 15 is 0 Å². The minimum atomic E-state index is -0.558. The molecule has 0 unspecified atom stereocenters. The molecule has 0 aliphatic rings. The van der Waals surface area contributed by atoms with E-state index in [-0.39, 0.29) is 11.3 Å². The normalized spacial score (nSPS) is 10.4. The average molecular weight is 479 g/mol. The molecule has 0 bridgehead atoms. The number of rotatable bonds is 7. The Morgan fingerprint density at radius 2 is 1.53 bits per heavy atom. The van der Waals surface area contributed by atoms with Crippen molar-refractivity contribution in [3.8, 4) is 33.5 Å². The number of carbonyl (C=O) groups excluding carboxylic acids is 2. The lowest BCUT2D eigenvalue weighted by Gasteiger charge is -2.14. The van der Waals surface area contributed by atoms with Crippen LogP contribution in [0.5, 0.6) is 17.2 Å². The van der Waals surface area contributed by atoms with E-state index in [1.807, 2.05) is 47.8 Å². The Kier molecular flexibility index (Phi) is 6.79. The Labute approximate surface area is 199 Å². The second kappa shape index (κ2) is 10.1. The number of methoxy groups -OCH3 is 3. The molecule has 174 valence electrons. The van der Waals surface area contributed by atoms with Crippen molar-refractivity contribution in [2.75, 3.05) is 21.3 Å². The maximum atomic E-state index is 13.1. The van der Waals surface area contributed by atoms with Crippen LogP contribution in [-0.2, 0) is 0 Å². The molecule has 10 heteroatoms. The van der Waals surface area contributed by atoms with Crippen molar-refractivity contribution in [1.82, 2.24) is 20.6 Å². The van der Waals surface area contributed by atoms with E-state index < -0.39 is 11.8 Å². The lowest BCUT2D eigenvalue weighted by molar-refractivity contribution is 0.0842. The van der Waals surface area contributed by atoms with Gasteiger partial charge < -0.3 is 14.2 Å². The summed E-state index contributed by atoms with van der Waals surface area (Å²) in [5.74, 6) is -0.0857. The number of para-hydroxylation sites is 1. The second-order valence-electron chi connectivity index (χ2n) is 6.96. The van der Waals surface area contributed by atoms with E-state index in [1.165, 1.54) is 49.5 Å². The van der Waals surface area contributed by atoms with Crippen molar-refractivity contribution in [1.29, 1.82) is 0 Å². The summed E-state index contributed by atoms with van der Waals surface area (Å²) >= 11 is 1.52. The van der Waals surface area contributed by atoms with Crippen LogP contribution in [-0.4, -0.2) is 42.9 Å². The zero-order valence-electron chi connectivity index (χ0n) is 18.7. The number of hydrogen-bond donors (Lipinski definition) is 2. The second-order valence-corrected chi connectivity index (χ2v) is 7.91. The van der Waals surface area contributed by atoms with Gasteiger partial charge in [-0.3, -0.25) is 20.4 Å². The number of aromatic nitrogens is 2. The number of nitrogens with zero attached hydrogens (tertiary/aromatic N) is 2. The number of thiophene rings is 1. The van der Waals surface area contributed by atoms with Gasteiger partial charge in [-0.15, -0.1) is 11.3 Å². The molecular formula is C24H22N4O5S. The van der Waals surface area contributed by atoms with Crippen molar-refractivity contribution in [2.24, 2.45) is 0 Å². The van der Waals surface area contributed by atoms with Gasteiger partial charge in [0.05, 0.1) is 31.9 Å². The Hall–Kier alpha value is -4.31. The van der Waals surface area contributed by atoms with Crippen LogP contribution in [0.3, 0.4) is 0 Å². The van der Waals surface area contributed by atoms with Crippen molar-refractivity contribution in [3.05, 3.63) is 77.3 Å². The highest BCUT2D eigenvalue weighted by Crippen LogP contribution is 2.38. The third kappa shape index (κ3) is 4.57. The quantitative estimate of drug-likeness (QED) is 0.393. The zero-order chi connectivity index (χ0) is 24.1. The predicted octanol–water partition coefficient (Wildman–Crippen LogP) is 3.70. The summed E-state index contributed by atoms with van der Waals surface area (Å²) in [6.07, 6.45) is 0. The van der Waals surface area contributed by atoms with E-state index in [1.54, 1.807) is 6.07 Å². The van der Waals surface area contributed by atoms with Gasteiger partial charge in [-0.25, -0.2) is 4.68 Å². The number of nitrogens with one attached hydrogen (secondary N) is 2. The fraction of sp³-hybridized carbons (Fsp3) is 0.125. The summed E-state index contributed by atoms with van der Waals surface area (Å²) in [6, 6.07) is 17.8. The van der Waals surface area contributed by atoms with E-state index in [0.717, 1.165) is 4.88 Å². The van der Waals surface area contributed by atoms with Gasteiger partial charge in [-0.2, -0.15) is 5.10 Å². The van der Waals surface area contributed by atoms with Crippen LogP contribution in [0.25, 0.3) is 16.3 Å². The standard InChI is InChI=1S/C24H22N4O5S/c1-31-19-12-15(13-20(32-2)22(19)33-3)23(29)25-26-24(30)18-14-17(21-10-7-11-34-21)27-28(18)16-8-5-4-6-9-16/h4-14H,1-3H3,(H,25,29)(H,26,30). The van der Waals surface area contributed by atoms with Gasteiger partial charge in [0.15, 0.2) is 11.5 Å². The molecule has 2 heterocycles. The predicted molar refractivity (Wildman–Crippen MR) is 128 cm³/mol. The molecule has 34 heavy (non-hydrogen) atoms. The zero-order valence-corrected chi connectivity index (χ0v) is 19.5. The summed E-state index contributed by atoms with van der Waals surface area (Å²) in [5, 5.41) is 6.54. The number of benzene rings is 2. The van der Waals surface area contributed by atoms with Crippen LogP contribution >= 0.6 is 11.3 Å². The Balaban J connectivity index is 1.58. The molecule has 2 N–H and O–H groups in total. The van der Waals surface area contributed by atoms with Gasteiger partial charge in [-0.05, 0) is 41.8 Å². The Bertz CT molecular complexity index is 1280. The highest BCUT2D eigenvalue weighted by atomic mass is 32.1. The minimum absolute atomic E-state index is 0.214. The SMILES string of the molecule is COc1cc(C(=O)NNC(=O)c2cc(-c3cccs3)nn2-c2ccccc2)cc(OC)c1OC. The van der Waals surface area contributed by atoms with Crippen LogP contribution in [0, 0.1) is 0 Å². The van der Waals surface area contributed by atoms with Crippen molar-refractivity contribution >= 4 is 23.2 Å². The molecule has 0 atom stereocenters. The van der Waals surface area contributed by atoms with E-state index in [9.17, 15) is 9.59 Å². The van der Waals surface area contributed by atoms with Gasteiger partial charge in [-0.1, -0.05) is 24.3 Å². The molecule has 4 rings (SSSR count). The summed E-state index contributed by atoms with van der Waals surface area (Å²) in [5.41, 5.74) is 6.74. The molecule has 0 aliphatic carbocycles. The van der Waals surface area contributed by atoms with Gasteiger partial charge in [0.1, 0.15) is 11.4 Å². The lowest BCUT2D eigenvalue weighted by Crippen LogP contribution is -2.42. The number of ether oxygens (including phenoxy) is 3. The minimum Gasteiger partial charge on any atom is -0.493 e. The lowest BCUT2D eigenvalue weighted by atomic mass is 10.1. The van der Waals surface area contributed by atoms with Crippen LogP contribution in [0.4, 0.5) is 0 Å². The molecule has 0 saturated heterocycles. The molecule has 0 fully saturated rings. The van der Waals surface area contributed by atoms with Gasteiger partial charge >= 0.3 is 0 Å². The first-order valence-electron chi connectivity index (χ1n) is 10.2. The monoisotopic (exact) mass is 478 g/mol. The van der Waals surface area contributed by atoms with Crippen LogP contribution in [0.1, 0.15) is 20.8 Å². The topological polar surface area (TPSA) is 104 Å². The third-order valence-electron chi connectivity index (χ3n) is 4.93. The first kappa shape index (κ1) is 22.9. The maximum absolute atomic E-state index is 13.1. The molecule has 9 nitrogen and oxygen atoms in total. The van der Waals surface area contributed by atoms with Crippen molar-refractivity contribution < 1.29 is 23.8 Å².